The molecule has 0 fully saturated rings. The average molecular weight is 493 g/mol. The number of benzene rings is 3. The SMILES string of the molecule is CC/C(=C(\C(=O)Nc1ccc(OCCN(C)C)cc1)c1ccc(OCOC)c(F)c1)c1ccccc1. The van der Waals surface area contributed by atoms with Crippen LogP contribution in [0.3, 0.4) is 0 Å². The fraction of sp³-hybridized carbons (Fsp3) is 0.276. The lowest BCUT2D eigenvalue weighted by Crippen LogP contribution is -2.19. The van der Waals surface area contributed by atoms with Gasteiger partial charge in [0, 0.05) is 19.3 Å². The lowest BCUT2D eigenvalue weighted by molar-refractivity contribution is -0.111. The van der Waals surface area contributed by atoms with Crippen LogP contribution in [0.4, 0.5) is 10.1 Å². The highest BCUT2D eigenvalue weighted by Gasteiger charge is 2.20. The van der Waals surface area contributed by atoms with Crippen LogP contribution in [-0.4, -0.2) is 52.0 Å². The first kappa shape index (κ1) is 26.9. The van der Waals surface area contributed by atoms with Gasteiger partial charge in [-0.3, -0.25) is 4.79 Å². The van der Waals surface area contributed by atoms with Crippen molar-refractivity contribution in [2.24, 2.45) is 0 Å². The Hall–Kier alpha value is -3.68. The van der Waals surface area contributed by atoms with Gasteiger partial charge >= 0.3 is 0 Å². The molecule has 0 saturated carbocycles. The summed E-state index contributed by atoms with van der Waals surface area (Å²) in [5, 5.41) is 2.96. The number of carbonyl (C=O) groups is 1. The molecule has 3 aromatic rings. The Morgan fingerprint density at radius 3 is 2.28 bits per heavy atom. The molecule has 0 heterocycles. The largest absolute Gasteiger partial charge is 0.492 e. The number of carbonyl (C=O) groups excluding carboxylic acids is 1. The molecule has 0 radical (unpaired) electrons. The Morgan fingerprint density at radius 2 is 1.67 bits per heavy atom. The number of anilines is 1. The molecule has 0 aromatic heterocycles. The zero-order valence-corrected chi connectivity index (χ0v) is 21.2. The number of nitrogens with zero attached hydrogens (tertiary/aromatic N) is 1. The highest BCUT2D eigenvalue weighted by molar-refractivity contribution is 6.31. The zero-order chi connectivity index (χ0) is 25.9. The van der Waals surface area contributed by atoms with Gasteiger partial charge in [0.2, 0.25) is 0 Å². The molecule has 0 bridgehead atoms. The van der Waals surface area contributed by atoms with E-state index in [1.165, 1.54) is 19.2 Å². The van der Waals surface area contributed by atoms with E-state index >= 15 is 0 Å². The van der Waals surface area contributed by atoms with Gasteiger partial charge in [-0.25, -0.2) is 4.39 Å². The third-order valence-electron chi connectivity index (χ3n) is 5.48. The molecule has 36 heavy (non-hydrogen) atoms. The quantitative estimate of drug-likeness (QED) is 0.199. The van der Waals surface area contributed by atoms with Gasteiger partial charge in [0.15, 0.2) is 18.4 Å². The molecule has 3 aromatic carbocycles. The van der Waals surface area contributed by atoms with Crippen molar-refractivity contribution in [3.63, 3.8) is 0 Å². The molecule has 0 aliphatic rings. The second-order valence-electron chi connectivity index (χ2n) is 8.40. The van der Waals surface area contributed by atoms with Crippen LogP contribution in [0.2, 0.25) is 0 Å². The highest BCUT2D eigenvalue weighted by Crippen LogP contribution is 2.32. The van der Waals surface area contributed by atoms with Gasteiger partial charge in [0.1, 0.15) is 12.4 Å². The summed E-state index contributed by atoms with van der Waals surface area (Å²) >= 11 is 0. The Balaban J connectivity index is 1.92. The number of methoxy groups -OCH3 is 1. The van der Waals surface area contributed by atoms with Crippen LogP contribution < -0.4 is 14.8 Å². The minimum atomic E-state index is -0.572. The summed E-state index contributed by atoms with van der Waals surface area (Å²) in [7, 11) is 5.44. The van der Waals surface area contributed by atoms with Crippen LogP contribution in [0.5, 0.6) is 11.5 Å². The number of halogens is 1. The van der Waals surface area contributed by atoms with E-state index in [2.05, 4.69) is 5.32 Å². The number of amides is 1. The molecule has 0 atom stereocenters. The predicted molar refractivity (Wildman–Crippen MR) is 142 cm³/mol. The van der Waals surface area contributed by atoms with Crippen molar-refractivity contribution in [3.05, 3.63) is 89.7 Å². The Bertz CT molecular complexity index is 1160. The van der Waals surface area contributed by atoms with Gasteiger partial charge in [0.05, 0.1) is 5.57 Å². The first-order chi connectivity index (χ1) is 17.4. The highest BCUT2D eigenvalue weighted by atomic mass is 19.1. The second-order valence-corrected chi connectivity index (χ2v) is 8.40. The Labute approximate surface area is 212 Å². The van der Waals surface area contributed by atoms with Crippen molar-refractivity contribution in [2.75, 3.05) is 46.5 Å². The van der Waals surface area contributed by atoms with E-state index in [0.29, 0.717) is 29.9 Å². The van der Waals surface area contributed by atoms with Gasteiger partial charge in [-0.05, 0) is 73.6 Å². The van der Waals surface area contributed by atoms with E-state index in [1.54, 1.807) is 18.2 Å². The summed E-state index contributed by atoms with van der Waals surface area (Å²) < 4.78 is 30.7. The molecule has 3 rings (SSSR count). The van der Waals surface area contributed by atoms with Crippen LogP contribution in [0.15, 0.2) is 72.8 Å². The maximum absolute atomic E-state index is 14.8. The molecule has 0 aliphatic carbocycles. The Morgan fingerprint density at radius 1 is 0.944 bits per heavy atom. The number of nitrogens with one attached hydrogen (secondary N) is 1. The van der Waals surface area contributed by atoms with Crippen molar-refractivity contribution >= 4 is 22.7 Å². The van der Waals surface area contributed by atoms with E-state index in [1.807, 2.05) is 68.4 Å². The number of ether oxygens (including phenoxy) is 3. The summed E-state index contributed by atoms with van der Waals surface area (Å²) in [5.41, 5.74) is 3.17. The van der Waals surface area contributed by atoms with Crippen LogP contribution in [0, 0.1) is 5.82 Å². The second kappa shape index (κ2) is 13.4. The lowest BCUT2D eigenvalue weighted by Gasteiger charge is -2.17. The van der Waals surface area contributed by atoms with Crippen molar-refractivity contribution < 1.29 is 23.4 Å². The minimum absolute atomic E-state index is 0.0583. The van der Waals surface area contributed by atoms with Crippen LogP contribution in [0.25, 0.3) is 11.1 Å². The fourth-order valence-corrected chi connectivity index (χ4v) is 3.68. The number of likely N-dealkylation sites (N-methyl/N-ethyl adjacent to an activating group) is 1. The number of hydrogen-bond donors (Lipinski definition) is 1. The van der Waals surface area contributed by atoms with Crippen molar-refractivity contribution in [3.8, 4) is 11.5 Å². The van der Waals surface area contributed by atoms with Gasteiger partial charge in [-0.2, -0.15) is 0 Å². The van der Waals surface area contributed by atoms with E-state index in [9.17, 15) is 9.18 Å². The molecular formula is C29H33FN2O4. The van der Waals surface area contributed by atoms with E-state index < -0.39 is 5.82 Å². The lowest BCUT2D eigenvalue weighted by atomic mass is 9.92. The molecule has 1 N–H and O–H groups in total. The third kappa shape index (κ3) is 7.41. The van der Waals surface area contributed by atoms with Crippen molar-refractivity contribution in [1.82, 2.24) is 4.90 Å². The van der Waals surface area contributed by atoms with E-state index in [-0.39, 0.29) is 18.4 Å². The van der Waals surface area contributed by atoms with Crippen molar-refractivity contribution in [1.29, 1.82) is 0 Å². The normalized spacial score (nSPS) is 11.7. The molecule has 0 unspecified atom stereocenters. The van der Waals surface area contributed by atoms with Gasteiger partial charge < -0.3 is 24.4 Å². The molecule has 7 heteroatoms. The average Bonchev–Trinajstić information content (AvgIpc) is 2.87. The molecule has 1 amide bonds. The maximum atomic E-state index is 14.8. The fourth-order valence-electron chi connectivity index (χ4n) is 3.68. The monoisotopic (exact) mass is 492 g/mol. The molecule has 0 aliphatic heterocycles. The third-order valence-corrected chi connectivity index (χ3v) is 5.48. The first-order valence-electron chi connectivity index (χ1n) is 11.8. The summed E-state index contributed by atoms with van der Waals surface area (Å²) in [6.07, 6.45) is 0.578. The topological polar surface area (TPSA) is 60.0 Å². The van der Waals surface area contributed by atoms with Crippen LogP contribution in [0.1, 0.15) is 24.5 Å². The zero-order valence-electron chi connectivity index (χ0n) is 21.2. The smallest absolute Gasteiger partial charge is 0.256 e. The standard InChI is InChI=1S/C29H33FN2O4/c1-5-25(21-9-7-6-8-10-21)28(22-11-16-27(26(30)19-22)36-20-34-4)29(33)31-23-12-14-24(15-13-23)35-18-17-32(2)3/h6-16,19H,5,17-18,20H2,1-4H3,(H,31,33)/b28-25+. The maximum Gasteiger partial charge on any atom is 0.256 e. The van der Waals surface area contributed by atoms with Gasteiger partial charge in [-0.15, -0.1) is 0 Å². The summed E-state index contributed by atoms with van der Waals surface area (Å²) in [4.78, 5) is 15.6. The molecular weight excluding hydrogens is 459 g/mol. The van der Waals surface area contributed by atoms with Gasteiger partial charge in [0.25, 0.3) is 5.91 Å². The Kier molecular flexibility index (Phi) is 10.0. The molecule has 190 valence electrons. The number of hydrogen-bond acceptors (Lipinski definition) is 5. The number of allylic oxidation sites excluding steroid dienone is 1. The number of rotatable bonds is 12. The predicted octanol–water partition coefficient (Wildman–Crippen LogP) is 5.71. The van der Waals surface area contributed by atoms with Gasteiger partial charge in [-0.1, -0.05) is 43.3 Å². The molecule has 6 nitrogen and oxygen atoms in total. The summed E-state index contributed by atoms with van der Waals surface area (Å²) in [6, 6.07) is 21.3. The van der Waals surface area contributed by atoms with Crippen LogP contribution in [-0.2, 0) is 9.53 Å². The van der Waals surface area contributed by atoms with Crippen molar-refractivity contribution in [2.45, 2.75) is 13.3 Å². The minimum Gasteiger partial charge on any atom is -0.492 e. The van der Waals surface area contributed by atoms with Crippen LogP contribution >= 0.6 is 0 Å². The van der Waals surface area contributed by atoms with E-state index in [4.69, 9.17) is 14.2 Å². The first-order valence-corrected chi connectivity index (χ1v) is 11.8. The summed E-state index contributed by atoms with van der Waals surface area (Å²) in [5.74, 6) is -0.125. The molecule has 0 spiro atoms. The molecule has 0 saturated heterocycles. The summed E-state index contributed by atoms with van der Waals surface area (Å²) in [6.45, 7) is 3.27. The van der Waals surface area contributed by atoms with E-state index in [0.717, 1.165) is 23.4 Å².